The Labute approximate surface area is 81.7 Å². The van der Waals surface area contributed by atoms with Crippen LogP contribution in [-0.2, 0) is 4.79 Å². The molecule has 0 spiro atoms. The summed E-state index contributed by atoms with van der Waals surface area (Å²) >= 11 is 0. The van der Waals surface area contributed by atoms with Crippen molar-refractivity contribution in [2.75, 3.05) is 0 Å². The number of rotatable bonds is 1. The van der Waals surface area contributed by atoms with Crippen molar-refractivity contribution in [3.63, 3.8) is 0 Å². The largest absolute Gasteiger partial charge is 0.398 e. The first-order valence-electron chi connectivity index (χ1n) is 5.04. The van der Waals surface area contributed by atoms with E-state index in [9.17, 15) is 18.0 Å². The highest BCUT2D eigenvalue weighted by molar-refractivity contribution is 5.81. The Bertz CT molecular complexity index is 210. The van der Waals surface area contributed by atoms with Crippen molar-refractivity contribution in [2.24, 2.45) is 11.8 Å². The van der Waals surface area contributed by atoms with E-state index in [1.165, 1.54) is 0 Å². The summed E-state index contributed by atoms with van der Waals surface area (Å²) < 4.78 is 37.1. The van der Waals surface area contributed by atoms with Gasteiger partial charge in [0.25, 0.3) is 0 Å². The molecule has 1 saturated carbocycles. The molecule has 0 radical (unpaired) electrons. The third-order valence-corrected chi connectivity index (χ3v) is 3.02. The second-order valence-corrected chi connectivity index (χ2v) is 3.95. The van der Waals surface area contributed by atoms with Gasteiger partial charge in [-0.15, -0.1) is 0 Å². The summed E-state index contributed by atoms with van der Waals surface area (Å²) in [5, 5.41) is 0. The maximum Gasteiger partial charge on any atom is 0.398 e. The Morgan fingerprint density at radius 3 is 2.43 bits per heavy atom. The van der Waals surface area contributed by atoms with Crippen molar-refractivity contribution in [1.29, 1.82) is 0 Å². The van der Waals surface area contributed by atoms with E-state index >= 15 is 0 Å². The summed E-state index contributed by atoms with van der Waals surface area (Å²) in [6.07, 6.45) is -2.21. The van der Waals surface area contributed by atoms with Gasteiger partial charge in [-0.1, -0.05) is 13.3 Å². The average molecular weight is 208 g/mol. The number of carbonyl (C=O) groups excluding carboxylic acids is 1. The van der Waals surface area contributed by atoms with E-state index in [-0.39, 0.29) is 12.8 Å². The monoisotopic (exact) mass is 208 g/mol. The molecule has 0 aromatic heterocycles. The van der Waals surface area contributed by atoms with Crippen molar-refractivity contribution in [3.8, 4) is 0 Å². The molecule has 82 valence electrons. The first-order valence-corrected chi connectivity index (χ1v) is 5.04. The summed E-state index contributed by atoms with van der Waals surface area (Å²) in [4.78, 5) is 11.2. The molecule has 0 amide bonds. The number of alkyl halides is 3. The molecular formula is C10H15F3O. The lowest BCUT2D eigenvalue weighted by Gasteiger charge is -2.16. The molecular weight excluding hydrogens is 193 g/mol. The fourth-order valence-corrected chi connectivity index (χ4v) is 1.98. The standard InChI is InChI=1S/C10H15F3O/c1-2-7-3-5-8(10(11,12)13)9(14)6-4-7/h7-8H,2-6H2,1H3/t7-,8-/m1/s1. The minimum atomic E-state index is -4.33. The van der Waals surface area contributed by atoms with E-state index in [1.807, 2.05) is 6.92 Å². The van der Waals surface area contributed by atoms with Crippen LogP contribution in [0.5, 0.6) is 0 Å². The first-order chi connectivity index (χ1) is 6.45. The van der Waals surface area contributed by atoms with Gasteiger partial charge in [-0.25, -0.2) is 0 Å². The van der Waals surface area contributed by atoms with Crippen molar-refractivity contribution in [1.82, 2.24) is 0 Å². The SMILES string of the molecule is CC[C@H]1CCC(=O)[C@H](C(F)(F)F)CC1. The van der Waals surface area contributed by atoms with E-state index in [0.29, 0.717) is 18.8 Å². The van der Waals surface area contributed by atoms with Crippen LogP contribution in [0, 0.1) is 11.8 Å². The topological polar surface area (TPSA) is 17.1 Å². The van der Waals surface area contributed by atoms with Gasteiger partial charge in [0, 0.05) is 6.42 Å². The highest BCUT2D eigenvalue weighted by Crippen LogP contribution is 2.36. The fraction of sp³-hybridized carbons (Fsp3) is 0.900. The lowest BCUT2D eigenvalue weighted by molar-refractivity contribution is -0.182. The quantitative estimate of drug-likeness (QED) is 0.604. The molecule has 1 aliphatic rings. The van der Waals surface area contributed by atoms with Crippen LogP contribution in [-0.4, -0.2) is 12.0 Å². The normalized spacial score (nSPS) is 30.1. The molecule has 1 fully saturated rings. The molecule has 4 heteroatoms. The zero-order valence-electron chi connectivity index (χ0n) is 8.23. The average Bonchev–Trinajstić information content (AvgIpc) is 2.25. The van der Waals surface area contributed by atoms with Gasteiger partial charge in [0.05, 0.1) is 0 Å². The summed E-state index contributed by atoms with van der Waals surface area (Å²) in [5.41, 5.74) is 0. The van der Waals surface area contributed by atoms with Crippen molar-refractivity contribution in [3.05, 3.63) is 0 Å². The van der Waals surface area contributed by atoms with Crippen LogP contribution >= 0.6 is 0 Å². The van der Waals surface area contributed by atoms with E-state index in [2.05, 4.69) is 0 Å². The predicted molar refractivity (Wildman–Crippen MR) is 46.8 cm³/mol. The summed E-state index contributed by atoms with van der Waals surface area (Å²) in [7, 11) is 0. The highest BCUT2D eigenvalue weighted by atomic mass is 19.4. The molecule has 0 N–H and O–H groups in total. The highest BCUT2D eigenvalue weighted by Gasteiger charge is 2.44. The Morgan fingerprint density at radius 1 is 1.29 bits per heavy atom. The van der Waals surface area contributed by atoms with Crippen LogP contribution in [0.3, 0.4) is 0 Å². The van der Waals surface area contributed by atoms with Gasteiger partial charge in [0.2, 0.25) is 0 Å². The van der Waals surface area contributed by atoms with Crippen molar-refractivity contribution >= 4 is 5.78 Å². The van der Waals surface area contributed by atoms with Crippen LogP contribution in [0.4, 0.5) is 13.2 Å². The Morgan fingerprint density at radius 2 is 1.93 bits per heavy atom. The molecule has 1 nitrogen and oxygen atoms in total. The van der Waals surface area contributed by atoms with Gasteiger partial charge in [0.1, 0.15) is 11.7 Å². The van der Waals surface area contributed by atoms with Crippen LogP contribution < -0.4 is 0 Å². The molecule has 2 atom stereocenters. The van der Waals surface area contributed by atoms with Gasteiger partial charge in [-0.05, 0) is 25.2 Å². The van der Waals surface area contributed by atoms with Gasteiger partial charge in [-0.2, -0.15) is 13.2 Å². The predicted octanol–water partition coefficient (Wildman–Crippen LogP) is 3.33. The van der Waals surface area contributed by atoms with Gasteiger partial charge in [0.15, 0.2) is 0 Å². The summed E-state index contributed by atoms with van der Waals surface area (Å²) in [6, 6.07) is 0. The van der Waals surface area contributed by atoms with Crippen LogP contribution in [0.25, 0.3) is 0 Å². The maximum absolute atomic E-state index is 12.4. The summed E-state index contributed by atoms with van der Waals surface area (Å²) in [5.74, 6) is -2.02. The Kier molecular flexibility index (Phi) is 3.56. The molecule has 0 unspecified atom stereocenters. The molecule has 0 aromatic carbocycles. The molecule has 1 aliphatic carbocycles. The van der Waals surface area contributed by atoms with Crippen LogP contribution in [0.2, 0.25) is 0 Å². The lowest BCUT2D eigenvalue weighted by atomic mass is 9.96. The van der Waals surface area contributed by atoms with Gasteiger partial charge < -0.3 is 0 Å². The molecule has 14 heavy (non-hydrogen) atoms. The maximum atomic E-state index is 12.4. The minimum absolute atomic E-state index is 0.0131. The van der Waals surface area contributed by atoms with E-state index in [4.69, 9.17) is 0 Å². The summed E-state index contributed by atoms with van der Waals surface area (Å²) in [6.45, 7) is 1.96. The number of ketones is 1. The number of carbonyl (C=O) groups is 1. The molecule has 0 bridgehead atoms. The van der Waals surface area contributed by atoms with Crippen molar-refractivity contribution < 1.29 is 18.0 Å². The third kappa shape index (κ3) is 2.72. The molecule has 1 rings (SSSR count). The lowest BCUT2D eigenvalue weighted by Crippen LogP contribution is -2.29. The Hall–Kier alpha value is -0.540. The van der Waals surface area contributed by atoms with E-state index < -0.39 is 17.9 Å². The zero-order valence-corrected chi connectivity index (χ0v) is 8.23. The molecule has 0 saturated heterocycles. The molecule has 0 aliphatic heterocycles. The second-order valence-electron chi connectivity index (χ2n) is 3.95. The smallest absolute Gasteiger partial charge is 0.299 e. The fourth-order valence-electron chi connectivity index (χ4n) is 1.98. The van der Waals surface area contributed by atoms with Gasteiger partial charge in [-0.3, -0.25) is 4.79 Å². The first kappa shape index (κ1) is 11.5. The number of Topliss-reactive ketones (excluding diaryl/α,β-unsaturated/α-hetero) is 1. The number of hydrogen-bond acceptors (Lipinski definition) is 1. The zero-order chi connectivity index (χ0) is 10.8. The van der Waals surface area contributed by atoms with E-state index in [1.54, 1.807) is 0 Å². The molecule has 0 heterocycles. The van der Waals surface area contributed by atoms with E-state index in [0.717, 1.165) is 6.42 Å². The Balaban J connectivity index is 2.65. The second kappa shape index (κ2) is 4.32. The number of hydrogen-bond donors (Lipinski definition) is 0. The van der Waals surface area contributed by atoms with Crippen LogP contribution in [0.1, 0.15) is 39.0 Å². The van der Waals surface area contributed by atoms with Gasteiger partial charge >= 0.3 is 6.18 Å². The third-order valence-electron chi connectivity index (χ3n) is 3.02. The van der Waals surface area contributed by atoms with Crippen molar-refractivity contribution in [2.45, 2.75) is 45.2 Å². The minimum Gasteiger partial charge on any atom is -0.299 e. The van der Waals surface area contributed by atoms with Crippen LogP contribution in [0.15, 0.2) is 0 Å². The number of halogens is 3. The molecule has 0 aromatic rings.